The highest BCUT2D eigenvalue weighted by atomic mass is 19.1. The molecular weight excluding hydrogens is 233 g/mol. The second-order valence-electron chi connectivity index (χ2n) is 5.04. The van der Waals surface area contributed by atoms with Gasteiger partial charge in [0.05, 0.1) is 5.56 Å². The third-order valence-electron chi connectivity index (χ3n) is 3.38. The first-order valence-electron chi connectivity index (χ1n) is 6.32. The smallest absolute Gasteiger partial charge is 0.341 e. The summed E-state index contributed by atoms with van der Waals surface area (Å²) < 4.78 is 18.9. The van der Waals surface area contributed by atoms with Crippen LogP contribution < -0.4 is 5.73 Å². The van der Waals surface area contributed by atoms with Crippen LogP contribution >= 0.6 is 0 Å². The summed E-state index contributed by atoms with van der Waals surface area (Å²) >= 11 is 0. The second-order valence-corrected chi connectivity index (χ2v) is 5.04. The van der Waals surface area contributed by atoms with Crippen LogP contribution in [-0.4, -0.2) is 12.1 Å². The molecule has 1 aromatic rings. The summed E-state index contributed by atoms with van der Waals surface area (Å²) in [7, 11) is 0. The molecule has 0 amide bonds. The largest absolute Gasteiger partial charge is 0.459 e. The highest BCUT2D eigenvalue weighted by Crippen LogP contribution is 2.26. The number of carbonyl (C=O) groups excluding carboxylic acids is 1. The Morgan fingerprint density at radius 3 is 2.89 bits per heavy atom. The molecule has 1 aliphatic rings. The van der Waals surface area contributed by atoms with Gasteiger partial charge in [-0.15, -0.1) is 0 Å². The minimum absolute atomic E-state index is 0.0394. The van der Waals surface area contributed by atoms with E-state index in [9.17, 15) is 9.18 Å². The number of benzene rings is 1. The van der Waals surface area contributed by atoms with Gasteiger partial charge in [0.15, 0.2) is 0 Å². The topological polar surface area (TPSA) is 52.3 Å². The van der Waals surface area contributed by atoms with Gasteiger partial charge in [-0.2, -0.15) is 0 Å². The number of carbonyl (C=O) groups is 1. The monoisotopic (exact) mass is 251 g/mol. The van der Waals surface area contributed by atoms with Crippen LogP contribution in [0.4, 0.5) is 10.1 Å². The van der Waals surface area contributed by atoms with Crippen LogP contribution in [0.1, 0.15) is 43.0 Å². The number of esters is 1. The first kappa shape index (κ1) is 12.9. The molecule has 2 N–H and O–H groups in total. The van der Waals surface area contributed by atoms with Crippen molar-refractivity contribution in [2.24, 2.45) is 5.92 Å². The average Bonchev–Trinajstić information content (AvgIpc) is 2.28. The summed E-state index contributed by atoms with van der Waals surface area (Å²) in [6, 6.07) is 4.02. The van der Waals surface area contributed by atoms with E-state index >= 15 is 0 Å². The molecule has 18 heavy (non-hydrogen) atoms. The minimum Gasteiger partial charge on any atom is -0.459 e. The molecular formula is C14H18FNO2. The Bertz CT molecular complexity index is 447. The molecule has 2 atom stereocenters. The molecule has 0 heterocycles. The first-order chi connectivity index (χ1) is 8.56. The highest BCUT2D eigenvalue weighted by molar-refractivity contribution is 5.90. The Hall–Kier alpha value is -1.58. The van der Waals surface area contributed by atoms with E-state index in [2.05, 4.69) is 6.92 Å². The lowest BCUT2D eigenvalue weighted by Crippen LogP contribution is -2.25. The number of halogens is 1. The van der Waals surface area contributed by atoms with Gasteiger partial charge in [0.25, 0.3) is 0 Å². The van der Waals surface area contributed by atoms with Crippen LogP contribution in [0.2, 0.25) is 0 Å². The van der Waals surface area contributed by atoms with E-state index in [0.717, 1.165) is 25.3 Å². The minimum atomic E-state index is -0.621. The third-order valence-corrected chi connectivity index (χ3v) is 3.38. The van der Waals surface area contributed by atoms with Crippen LogP contribution in [-0.2, 0) is 4.74 Å². The molecule has 0 aromatic heterocycles. The standard InChI is InChI=1S/C14H18FNO2/c1-9-3-2-4-11(7-9)18-14(17)12-6-5-10(16)8-13(12)15/h5-6,8-9,11H,2-4,7,16H2,1H3. The number of nitrogen functional groups attached to an aromatic ring is 1. The van der Waals surface area contributed by atoms with Gasteiger partial charge in [0.1, 0.15) is 11.9 Å². The Labute approximate surface area is 106 Å². The molecule has 3 nitrogen and oxygen atoms in total. The molecule has 98 valence electrons. The molecule has 0 saturated heterocycles. The van der Waals surface area contributed by atoms with Crippen LogP contribution in [0, 0.1) is 11.7 Å². The number of nitrogens with two attached hydrogens (primary N) is 1. The lowest BCUT2D eigenvalue weighted by atomic mass is 9.89. The lowest BCUT2D eigenvalue weighted by molar-refractivity contribution is 0.0150. The Morgan fingerprint density at radius 1 is 1.44 bits per heavy atom. The maximum atomic E-state index is 13.6. The Balaban J connectivity index is 2.03. The summed E-state index contributed by atoms with van der Waals surface area (Å²) in [5, 5.41) is 0. The van der Waals surface area contributed by atoms with Gasteiger partial charge in [-0.05, 0) is 43.4 Å². The van der Waals surface area contributed by atoms with Crippen molar-refractivity contribution < 1.29 is 13.9 Å². The number of anilines is 1. The Morgan fingerprint density at radius 2 is 2.22 bits per heavy atom. The SMILES string of the molecule is CC1CCCC(OC(=O)c2ccc(N)cc2F)C1. The van der Waals surface area contributed by atoms with E-state index in [1.165, 1.54) is 18.6 Å². The maximum Gasteiger partial charge on any atom is 0.341 e. The first-order valence-corrected chi connectivity index (χ1v) is 6.32. The number of hydrogen-bond donors (Lipinski definition) is 1. The van der Waals surface area contributed by atoms with Crippen molar-refractivity contribution in [3.63, 3.8) is 0 Å². The molecule has 1 aromatic carbocycles. The van der Waals surface area contributed by atoms with Gasteiger partial charge in [-0.1, -0.05) is 13.3 Å². The molecule has 1 fully saturated rings. The van der Waals surface area contributed by atoms with Crippen molar-refractivity contribution in [3.8, 4) is 0 Å². The molecule has 0 radical (unpaired) electrons. The average molecular weight is 251 g/mol. The molecule has 2 unspecified atom stereocenters. The maximum absolute atomic E-state index is 13.6. The summed E-state index contributed by atoms with van der Waals surface area (Å²) in [4.78, 5) is 11.8. The van der Waals surface area contributed by atoms with E-state index in [1.807, 2.05) is 0 Å². The fourth-order valence-electron chi connectivity index (χ4n) is 2.40. The summed E-state index contributed by atoms with van der Waals surface area (Å²) in [6.45, 7) is 2.14. The Kier molecular flexibility index (Phi) is 3.84. The van der Waals surface area contributed by atoms with Crippen molar-refractivity contribution in [2.75, 3.05) is 5.73 Å². The normalized spacial score (nSPS) is 23.7. The molecule has 0 aliphatic heterocycles. The molecule has 0 spiro atoms. The zero-order valence-electron chi connectivity index (χ0n) is 10.5. The van der Waals surface area contributed by atoms with Gasteiger partial charge < -0.3 is 10.5 Å². The molecule has 0 bridgehead atoms. The van der Waals surface area contributed by atoms with E-state index < -0.39 is 11.8 Å². The van der Waals surface area contributed by atoms with E-state index in [-0.39, 0.29) is 11.7 Å². The fourth-order valence-corrected chi connectivity index (χ4v) is 2.40. The zero-order chi connectivity index (χ0) is 13.1. The summed E-state index contributed by atoms with van der Waals surface area (Å²) in [6.07, 6.45) is 3.88. The molecule has 4 heteroatoms. The van der Waals surface area contributed by atoms with Crippen molar-refractivity contribution in [3.05, 3.63) is 29.6 Å². The lowest BCUT2D eigenvalue weighted by Gasteiger charge is -2.26. The fraction of sp³-hybridized carbons (Fsp3) is 0.500. The quantitative estimate of drug-likeness (QED) is 0.649. The zero-order valence-corrected chi connectivity index (χ0v) is 10.5. The van der Waals surface area contributed by atoms with Crippen LogP contribution in [0.3, 0.4) is 0 Å². The molecule has 2 rings (SSSR count). The van der Waals surface area contributed by atoms with E-state index in [0.29, 0.717) is 11.6 Å². The molecule has 1 saturated carbocycles. The third kappa shape index (κ3) is 3.00. The predicted molar refractivity (Wildman–Crippen MR) is 67.6 cm³/mol. The van der Waals surface area contributed by atoms with Crippen LogP contribution in [0.5, 0.6) is 0 Å². The van der Waals surface area contributed by atoms with Crippen molar-refractivity contribution in [1.29, 1.82) is 0 Å². The number of hydrogen-bond acceptors (Lipinski definition) is 3. The van der Waals surface area contributed by atoms with E-state index in [4.69, 9.17) is 10.5 Å². The van der Waals surface area contributed by atoms with Gasteiger partial charge in [0, 0.05) is 5.69 Å². The van der Waals surface area contributed by atoms with Crippen LogP contribution in [0.25, 0.3) is 0 Å². The number of rotatable bonds is 2. The summed E-state index contributed by atoms with van der Waals surface area (Å²) in [5.41, 5.74) is 5.70. The van der Waals surface area contributed by atoms with Gasteiger partial charge >= 0.3 is 5.97 Å². The van der Waals surface area contributed by atoms with E-state index in [1.54, 1.807) is 0 Å². The van der Waals surface area contributed by atoms with Crippen molar-refractivity contribution >= 4 is 11.7 Å². The highest BCUT2D eigenvalue weighted by Gasteiger charge is 2.24. The van der Waals surface area contributed by atoms with Gasteiger partial charge in [-0.3, -0.25) is 0 Å². The second kappa shape index (κ2) is 5.38. The van der Waals surface area contributed by atoms with Crippen molar-refractivity contribution in [1.82, 2.24) is 0 Å². The number of ether oxygens (including phenoxy) is 1. The van der Waals surface area contributed by atoms with Gasteiger partial charge in [0.2, 0.25) is 0 Å². The van der Waals surface area contributed by atoms with Crippen LogP contribution in [0.15, 0.2) is 18.2 Å². The predicted octanol–water partition coefficient (Wildman–Crippen LogP) is 3.14. The van der Waals surface area contributed by atoms with Crippen molar-refractivity contribution in [2.45, 2.75) is 38.7 Å². The molecule has 1 aliphatic carbocycles. The van der Waals surface area contributed by atoms with Gasteiger partial charge in [-0.25, -0.2) is 9.18 Å². The summed E-state index contributed by atoms with van der Waals surface area (Å²) in [5.74, 6) is -0.650.